The first-order valence-electron chi connectivity index (χ1n) is 9.30. The number of piperidine rings is 1. The lowest BCUT2D eigenvalue weighted by Gasteiger charge is -2.35. The number of thioether (sulfide) groups is 1. The van der Waals surface area contributed by atoms with Crippen molar-refractivity contribution in [2.24, 2.45) is 0 Å². The molecule has 7 heteroatoms. The molecule has 2 fully saturated rings. The third-order valence-electron chi connectivity index (χ3n) is 5.03. The van der Waals surface area contributed by atoms with E-state index in [1.807, 2.05) is 23.1 Å². The minimum absolute atomic E-state index is 0.116. The maximum Gasteiger partial charge on any atom is 0.266 e. The topological polar surface area (TPSA) is 40.6 Å². The first kappa shape index (κ1) is 20.4. The summed E-state index contributed by atoms with van der Waals surface area (Å²) in [6.07, 6.45) is 6.37. The van der Waals surface area contributed by atoms with E-state index in [1.165, 1.54) is 23.1 Å². The molecular formula is C20H23ClN2O2S2. The molecule has 0 bridgehead atoms. The molecule has 0 radical (unpaired) electrons. The second-order valence-electron chi connectivity index (χ2n) is 6.75. The summed E-state index contributed by atoms with van der Waals surface area (Å²) >= 11 is 12.8. The van der Waals surface area contributed by atoms with Gasteiger partial charge in [0.25, 0.3) is 5.91 Å². The van der Waals surface area contributed by atoms with Gasteiger partial charge < -0.3 is 4.90 Å². The zero-order valence-electron chi connectivity index (χ0n) is 15.3. The third kappa shape index (κ3) is 4.73. The molecule has 27 heavy (non-hydrogen) atoms. The number of hydrogen-bond acceptors (Lipinski definition) is 4. The lowest BCUT2D eigenvalue weighted by Crippen LogP contribution is -2.44. The number of benzene rings is 1. The fourth-order valence-electron chi connectivity index (χ4n) is 3.53. The van der Waals surface area contributed by atoms with E-state index in [4.69, 9.17) is 23.8 Å². The van der Waals surface area contributed by atoms with E-state index in [1.54, 1.807) is 12.1 Å². The van der Waals surface area contributed by atoms with E-state index in [2.05, 4.69) is 6.92 Å². The molecule has 4 nitrogen and oxygen atoms in total. The molecule has 2 aliphatic heterocycles. The van der Waals surface area contributed by atoms with Gasteiger partial charge in [-0.3, -0.25) is 14.5 Å². The van der Waals surface area contributed by atoms with Crippen molar-refractivity contribution in [2.45, 2.75) is 45.1 Å². The summed E-state index contributed by atoms with van der Waals surface area (Å²) < 4.78 is 0.497. The summed E-state index contributed by atoms with van der Waals surface area (Å²) in [5, 5.41) is 0.591. The summed E-state index contributed by atoms with van der Waals surface area (Å²) in [5.74, 6) is -0.0333. The van der Waals surface area contributed by atoms with Gasteiger partial charge in [-0.15, -0.1) is 0 Å². The summed E-state index contributed by atoms with van der Waals surface area (Å²) in [7, 11) is 0. The summed E-state index contributed by atoms with van der Waals surface area (Å²) in [6, 6.07) is 7.70. The van der Waals surface area contributed by atoms with Gasteiger partial charge in [0.05, 0.1) is 4.91 Å². The van der Waals surface area contributed by atoms with Crippen molar-refractivity contribution in [3.8, 4) is 0 Å². The third-order valence-corrected chi connectivity index (χ3v) is 6.76. The molecule has 2 aliphatic rings. The Bertz CT molecular complexity index is 781. The molecule has 1 aromatic rings. The van der Waals surface area contributed by atoms with Crippen molar-refractivity contribution in [1.82, 2.24) is 9.80 Å². The molecule has 0 aliphatic carbocycles. The minimum Gasteiger partial charge on any atom is -0.340 e. The molecular weight excluding hydrogens is 400 g/mol. The van der Waals surface area contributed by atoms with Gasteiger partial charge in [0.1, 0.15) is 4.32 Å². The van der Waals surface area contributed by atoms with E-state index >= 15 is 0 Å². The van der Waals surface area contributed by atoms with Crippen LogP contribution in [0.4, 0.5) is 0 Å². The molecule has 0 saturated carbocycles. The van der Waals surface area contributed by atoms with E-state index in [9.17, 15) is 9.59 Å². The van der Waals surface area contributed by atoms with Gasteiger partial charge in [-0.05, 0) is 43.4 Å². The maximum absolute atomic E-state index is 12.7. The van der Waals surface area contributed by atoms with Gasteiger partial charge in [-0.2, -0.15) is 0 Å². The molecule has 2 amide bonds. The van der Waals surface area contributed by atoms with Crippen LogP contribution in [-0.2, 0) is 9.59 Å². The lowest BCUT2D eigenvalue weighted by atomic mass is 9.99. The zero-order chi connectivity index (χ0) is 19.4. The summed E-state index contributed by atoms with van der Waals surface area (Å²) in [6.45, 7) is 3.27. The average molecular weight is 423 g/mol. The fourth-order valence-corrected chi connectivity index (χ4v) is 5.02. The Balaban J connectivity index is 1.64. The normalized spacial score (nSPS) is 22.0. The molecule has 0 aromatic heterocycles. The Kier molecular flexibility index (Phi) is 6.95. The van der Waals surface area contributed by atoms with Gasteiger partial charge in [0.15, 0.2) is 0 Å². The molecule has 2 saturated heterocycles. The quantitative estimate of drug-likeness (QED) is 0.508. The molecule has 0 spiro atoms. The number of hydrogen-bond donors (Lipinski definition) is 0. The molecule has 3 rings (SSSR count). The standard InChI is InChI=1S/C20H23ClN2O2S2/c1-2-15-8-5-6-11-22(15)18(24)10-12-23-19(25)17(27-20(23)26)13-14-7-3-4-9-16(14)21/h3-4,7,9,13,15H,2,5-6,8,10-12H2,1H3/b17-13-/t15-/m0/s1. The predicted molar refractivity (Wildman–Crippen MR) is 116 cm³/mol. The number of amides is 2. The Hall–Kier alpha value is -1.37. The predicted octanol–water partition coefficient (Wildman–Crippen LogP) is 4.72. The van der Waals surface area contributed by atoms with E-state index in [-0.39, 0.29) is 11.8 Å². The molecule has 0 unspecified atom stereocenters. The fraction of sp³-hybridized carbons (Fsp3) is 0.450. The second-order valence-corrected chi connectivity index (χ2v) is 8.83. The van der Waals surface area contributed by atoms with Crippen molar-refractivity contribution in [1.29, 1.82) is 0 Å². The van der Waals surface area contributed by atoms with Crippen LogP contribution in [0.15, 0.2) is 29.2 Å². The van der Waals surface area contributed by atoms with E-state index in [0.29, 0.717) is 33.3 Å². The van der Waals surface area contributed by atoms with Gasteiger partial charge in [-0.25, -0.2) is 0 Å². The number of rotatable bonds is 5. The first-order valence-corrected chi connectivity index (χ1v) is 10.9. The van der Waals surface area contributed by atoms with Crippen LogP contribution < -0.4 is 0 Å². The van der Waals surface area contributed by atoms with Crippen LogP contribution >= 0.6 is 35.6 Å². The monoisotopic (exact) mass is 422 g/mol. The molecule has 1 atom stereocenters. The Labute approximate surface area is 174 Å². The van der Waals surface area contributed by atoms with Gasteiger partial charge >= 0.3 is 0 Å². The van der Waals surface area contributed by atoms with Crippen LogP contribution in [0.5, 0.6) is 0 Å². The molecule has 1 aromatic carbocycles. The largest absolute Gasteiger partial charge is 0.340 e. The number of likely N-dealkylation sites (tertiary alicyclic amines) is 1. The first-order chi connectivity index (χ1) is 13.0. The van der Waals surface area contributed by atoms with Crippen LogP contribution in [0.25, 0.3) is 6.08 Å². The molecule has 2 heterocycles. The zero-order valence-corrected chi connectivity index (χ0v) is 17.7. The van der Waals surface area contributed by atoms with Crippen LogP contribution in [0.1, 0.15) is 44.6 Å². The average Bonchev–Trinajstić information content (AvgIpc) is 2.94. The highest BCUT2D eigenvalue weighted by molar-refractivity contribution is 8.26. The SMILES string of the molecule is CC[C@H]1CCCCN1C(=O)CCN1C(=O)/C(=C/c2ccccc2Cl)SC1=S. The van der Waals surface area contributed by atoms with Gasteiger partial charge in [-0.1, -0.05) is 60.7 Å². The van der Waals surface area contributed by atoms with Crippen LogP contribution in [-0.4, -0.2) is 45.1 Å². The molecule has 144 valence electrons. The van der Waals surface area contributed by atoms with E-state index in [0.717, 1.165) is 31.4 Å². The second kappa shape index (κ2) is 9.22. The Morgan fingerprint density at radius 1 is 1.37 bits per heavy atom. The smallest absolute Gasteiger partial charge is 0.266 e. The van der Waals surface area contributed by atoms with Crippen molar-refractivity contribution < 1.29 is 9.59 Å². The summed E-state index contributed by atoms with van der Waals surface area (Å²) in [5.41, 5.74) is 0.787. The highest BCUT2D eigenvalue weighted by Gasteiger charge is 2.33. The number of halogens is 1. The van der Waals surface area contributed by atoms with Crippen molar-refractivity contribution in [3.63, 3.8) is 0 Å². The maximum atomic E-state index is 12.7. The number of nitrogens with zero attached hydrogens (tertiary/aromatic N) is 2. The van der Waals surface area contributed by atoms with Crippen molar-refractivity contribution in [3.05, 3.63) is 39.8 Å². The van der Waals surface area contributed by atoms with Gasteiger partial charge in [0.2, 0.25) is 5.91 Å². The summed E-state index contributed by atoms with van der Waals surface area (Å²) in [4.78, 5) is 29.4. The number of carbonyl (C=O) groups is 2. The number of carbonyl (C=O) groups excluding carboxylic acids is 2. The van der Waals surface area contributed by atoms with Crippen molar-refractivity contribution >= 4 is 57.8 Å². The lowest BCUT2D eigenvalue weighted by molar-refractivity contribution is -0.135. The Morgan fingerprint density at radius 3 is 2.89 bits per heavy atom. The minimum atomic E-state index is -0.150. The van der Waals surface area contributed by atoms with Crippen LogP contribution in [0.3, 0.4) is 0 Å². The van der Waals surface area contributed by atoms with Crippen molar-refractivity contribution in [2.75, 3.05) is 13.1 Å². The highest BCUT2D eigenvalue weighted by Crippen LogP contribution is 2.34. The van der Waals surface area contributed by atoms with Crippen LogP contribution in [0, 0.1) is 0 Å². The van der Waals surface area contributed by atoms with E-state index < -0.39 is 0 Å². The molecule has 0 N–H and O–H groups in total. The van der Waals surface area contributed by atoms with Crippen LogP contribution in [0.2, 0.25) is 5.02 Å². The Morgan fingerprint density at radius 2 is 2.15 bits per heavy atom. The highest BCUT2D eigenvalue weighted by atomic mass is 35.5. The number of thiocarbonyl (C=S) groups is 1. The van der Waals surface area contributed by atoms with Gasteiger partial charge in [0, 0.05) is 30.6 Å².